The topological polar surface area (TPSA) is 54.7 Å². The normalized spacial score (nSPS) is 18.0. The van der Waals surface area contributed by atoms with Crippen molar-refractivity contribution in [3.05, 3.63) is 41.7 Å². The number of allylic oxidation sites excluding steroid dienone is 1. The minimum absolute atomic E-state index is 0.128. The van der Waals surface area contributed by atoms with Crippen LogP contribution < -0.4 is 4.80 Å². The van der Waals surface area contributed by atoms with Crippen LogP contribution in [0.3, 0.4) is 0 Å². The van der Waals surface area contributed by atoms with Crippen molar-refractivity contribution in [2.75, 3.05) is 24.6 Å². The molecule has 27 heavy (non-hydrogen) atoms. The molecule has 1 saturated heterocycles. The molecule has 1 aromatic heterocycles. The van der Waals surface area contributed by atoms with E-state index in [1.807, 2.05) is 33.7 Å². The number of carbonyl (C=O) groups excluding carboxylic acids is 2. The van der Waals surface area contributed by atoms with Crippen molar-refractivity contribution >= 4 is 45.1 Å². The number of amides is 2. The van der Waals surface area contributed by atoms with E-state index in [4.69, 9.17) is 0 Å². The number of carbonyl (C=O) groups is 2. The van der Waals surface area contributed by atoms with E-state index in [1.165, 1.54) is 29.5 Å². The predicted molar refractivity (Wildman–Crippen MR) is 113 cm³/mol. The highest BCUT2D eigenvalue weighted by Gasteiger charge is 2.20. The quantitative estimate of drug-likeness (QED) is 0.696. The molecule has 3 rings (SSSR count). The molecule has 2 heterocycles. The summed E-state index contributed by atoms with van der Waals surface area (Å²) in [7, 11) is 0. The van der Waals surface area contributed by atoms with E-state index in [-0.39, 0.29) is 17.6 Å². The van der Waals surface area contributed by atoms with Gasteiger partial charge in [0.05, 0.1) is 21.7 Å². The molecule has 0 spiro atoms. The summed E-state index contributed by atoms with van der Waals surface area (Å²) in [5.74, 6) is 1.05. The van der Waals surface area contributed by atoms with Crippen molar-refractivity contribution in [2.24, 2.45) is 10.9 Å². The summed E-state index contributed by atoms with van der Waals surface area (Å²) in [5.41, 5.74) is 1.05. The van der Waals surface area contributed by atoms with Gasteiger partial charge < -0.3 is 9.47 Å². The number of aromatic nitrogens is 1. The average molecular weight is 404 g/mol. The minimum atomic E-state index is -0.204. The predicted octanol–water partition coefficient (Wildman–Crippen LogP) is 3.31. The zero-order chi connectivity index (χ0) is 19.2. The third-order valence-corrected chi connectivity index (χ3v) is 6.54. The van der Waals surface area contributed by atoms with E-state index in [9.17, 15) is 9.59 Å². The van der Waals surface area contributed by atoms with E-state index in [0.29, 0.717) is 23.0 Å². The minimum Gasteiger partial charge on any atom is -0.342 e. The molecule has 1 aliphatic heterocycles. The average Bonchev–Trinajstić information content (AvgIpc) is 2.99. The number of likely N-dealkylation sites (tertiary alicyclic amines) is 1. The van der Waals surface area contributed by atoms with Crippen LogP contribution in [0.2, 0.25) is 0 Å². The molecule has 0 aliphatic carbocycles. The number of benzene rings is 1. The summed E-state index contributed by atoms with van der Waals surface area (Å²) >= 11 is 2.85. The van der Waals surface area contributed by atoms with Gasteiger partial charge in [-0.05, 0) is 30.9 Å². The first-order chi connectivity index (χ1) is 13.1. The Labute approximate surface area is 167 Å². The molecule has 2 amide bonds. The van der Waals surface area contributed by atoms with Gasteiger partial charge in [0.1, 0.15) is 0 Å². The molecular weight excluding hydrogens is 378 g/mol. The highest BCUT2D eigenvalue weighted by atomic mass is 32.2. The number of thioether (sulfide) groups is 1. The zero-order valence-electron chi connectivity index (χ0n) is 15.6. The van der Waals surface area contributed by atoms with E-state index >= 15 is 0 Å². The second-order valence-electron chi connectivity index (χ2n) is 6.84. The lowest BCUT2D eigenvalue weighted by molar-refractivity contribution is -0.130. The van der Waals surface area contributed by atoms with Crippen LogP contribution in [0.1, 0.15) is 19.8 Å². The van der Waals surface area contributed by atoms with Crippen LogP contribution in [0.5, 0.6) is 0 Å². The Bertz CT molecular complexity index is 900. The Kier molecular flexibility index (Phi) is 6.90. The summed E-state index contributed by atoms with van der Waals surface area (Å²) < 4.78 is 3.09. The van der Waals surface area contributed by atoms with Gasteiger partial charge >= 0.3 is 0 Å². The largest absolute Gasteiger partial charge is 0.342 e. The van der Waals surface area contributed by atoms with Crippen LogP contribution in [0.15, 0.2) is 41.9 Å². The fourth-order valence-corrected chi connectivity index (χ4v) is 5.04. The lowest BCUT2D eigenvalue weighted by Gasteiger charge is -2.30. The molecule has 0 radical (unpaired) electrons. The van der Waals surface area contributed by atoms with Crippen molar-refractivity contribution in [2.45, 2.75) is 26.3 Å². The van der Waals surface area contributed by atoms with E-state index < -0.39 is 0 Å². The zero-order valence-corrected chi connectivity index (χ0v) is 17.2. The number of thiazole rings is 1. The Morgan fingerprint density at radius 1 is 1.37 bits per heavy atom. The fourth-order valence-electron chi connectivity index (χ4n) is 3.28. The Balaban J connectivity index is 1.62. The molecule has 0 bridgehead atoms. The van der Waals surface area contributed by atoms with Gasteiger partial charge in [-0.1, -0.05) is 36.5 Å². The maximum atomic E-state index is 12.3. The van der Waals surface area contributed by atoms with Crippen LogP contribution in [-0.4, -0.2) is 45.9 Å². The van der Waals surface area contributed by atoms with Crippen molar-refractivity contribution in [3.63, 3.8) is 0 Å². The van der Waals surface area contributed by atoms with Crippen molar-refractivity contribution in [3.8, 4) is 0 Å². The molecule has 1 unspecified atom stereocenters. The summed E-state index contributed by atoms with van der Waals surface area (Å²) in [6.45, 7) is 8.25. The number of rotatable bonds is 6. The van der Waals surface area contributed by atoms with E-state index in [0.717, 1.165) is 29.7 Å². The molecule has 1 atom stereocenters. The molecule has 1 aromatic carbocycles. The van der Waals surface area contributed by atoms with Gasteiger partial charge in [-0.3, -0.25) is 9.59 Å². The number of piperidine rings is 1. The summed E-state index contributed by atoms with van der Waals surface area (Å²) in [4.78, 5) is 31.5. The molecule has 1 aliphatic rings. The van der Waals surface area contributed by atoms with Gasteiger partial charge in [-0.15, -0.1) is 18.3 Å². The molecule has 0 N–H and O–H groups in total. The first kappa shape index (κ1) is 19.9. The standard InChI is InChI=1S/C20H25N3O2S2/c1-3-10-23-16-8-4-5-9-17(16)27-20(23)21-18(24)13-26-14-19(25)22-11-6-7-15(2)12-22/h3-5,8-9,15H,1,6-7,10-14H2,2H3. The molecular formula is C20H25N3O2S2. The first-order valence-corrected chi connectivity index (χ1v) is 11.2. The fraction of sp³-hybridized carbons (Fsp3) is 0.450. The number of nitrogens with zero attached hydrogens (tertiary/aromatic N) is 3. The van der Waals surface area contributed by atoms with Crippen molar-refractivity contribution in [1.82, 2.24) is 9.47 Å². The number of fused-ring (bicyclic) bond motifs is 1. The summed E-state index contributed by atoms with van der Waals surface area (Å²) in [6, 6.07) is 8.00. The monoisotopic (exact) mass is 403 g/mol. The van der Waals surface area contributed by atoms with Gasteiger partial charge in [0.15, 0.2) is 4.80 Å². The molecule has 144 valence electrons. The third kappa shape index (κ3) is 5.11. The second kappa shape index (κ2) is 9.37. The van der Waals surface area contributed by atoms with Gasteiger partial charge in [0.25, 0.3) is 5.91 Å². The summed E-state index contributed by atoms with van der Waals surface area (Å²) in [6.07, 6.45) is 4.06. The van der Waals surface area contributed by atoms with Gasteiger partial charge in [0, 0.05) is 19.6 Å². The molecule has 0 saturated carbocycles. The maximum Gasteiger partial charge on any atom is 0.258 e. The maximum absolute atomic E-state index is 12.3. The van der Waals surface area contributed by atoms with E-state index in [2.05, 4.69) is 18.5 Å². The molecule has 2 aromatic rings. The number of para-hydroxylation sites is 1. The first-order valence-electron chi connectivity index (χ1n) is 9.21. The Morgan fingerprint density at radius 3 is 2.96 bits per heavy atom. The smallest absolute Gasteiger partial charge is 0.258 e. The Hall–Kier alpha value is -1.86. The van der Waals surface area contributed by atoms with Gasteiger partial charge in [-0.25, -0.2) is 0 Å². The van der Waals surface area contributed by atoms with Crippen LogP contribution in [-0.2, 0) is 16.1 Å². The van der Waals surface area contributed by atoms with Crippen molar-refractivity contribution in [1.29, 1.82) is 0 Å². The number of hydrogen-bond donors (Lipinski definition) is 0. The van der Waals surface area contributed by atoms with Gasteiger partial charge in [-0.2, -0.15) is 4.99 Å². The van der Waals surface area contributed by atoms with Crippen LogP contribution in [0.4, 0.5) is 0 Å². The molecule has 1 fully saturated rings. The lowest BCUT2D eigenvalue weighted by Crippen LogP contribution is -2.40. The van der Waals surface area contributed by atoms with Crippen molar-refractivity contribution < 1.29 is 9.59 Å². The second-order valence-corrected chi connectivity index (χ2v) is 8.83. The van der Waals surface area contributed by atoms with Crippen LogP contribution in [0, 0.1) is 5.92 Å². The van der Waals surface area contributed by atoms with Crippen LogP contribution >= 0.6 is 23.1 Å². The third-order valence-electron chi connectivity index (χ3n) is 4.58. The Morgan fingerprint density at radius 2 is 2.19 bits per heavy atom. The SMILES string of the molecule is C=CCn1c(=NC(=O)CSCC(=O)N2CCCC(C)C2)sc2ccccc21. The molecule has 7 heteroatoms. The number of hydrogen-bond acceptors (Lipinski definition) is 4. The summed E-state index contributed by atoms with van der Waals surface area (Å²) in [5, 5.41) is 0. The van der Waals surface area contributed by atoms with Gasteiger partial charge in [0.2, 0.25) is 5.91 Å². The molecule has 5 nitrogen and oxygen atoms in total. The van der Waals surface area contributed by atoms with Crippen LogP contribution in [0.25, 0.3) is 10.2 Å². The highest BCUT2D eigenvalue weighted by Crippen LogP contribution is 2.18. The lowest BCUT2D eigenvalue weighted by atomic mass is 10.0. The highest BCUT2D eigenvalue weighted by molar-refractivity contribution is 8.00. The van der Waals surface area contributed by atoms with E-state index in [1.54, 1.807) is 6.08 Å².